The number of aliphatic carboxylic acids is 1. The number of carbonyl (C=O) groups is 1. The lowest BCUT2D eigenvalue weighted by molar-refractivity contribution is -0.161. The van der Waals surface area contributed by atoms with E-state index in [1.54, 1.807) is 0 Å². The molecule has 4 atom stereocenters. The van der Waals surface area contributed by atoms with E-state index in [4.69, 9.17) is 15.3 Å². The number of carboxylic acid groups (broad SMARTS) is 1. The average molecular weight is 338 g/mol. The van der Waals surface area contributed by atoms with Crippen LogP contribution in [0, 0.1) is 11.3 Å². The van der Waals surface area contributed by atoms with Crippen molar-refractivity contribution in [3.8, 4) is 0 Å². The summed E-state index contributed by atoms with van der Waals surface area (Å²) in [6.07, 6.45) is -3.40. The standard InChI is InChI=1S/C15H30O8/c1-2-3-10(4-11(19)7-16)15(14(22)23,5-12(20)8-17)6-13(21)9-18/h10-13,16-21H,2-9H2,1H3,(H,22,23). The Morgan fingerprint density at radius 3 is 1.65 bits per heavy atom. The molecule has 0 rings (SSSR count). The summed E-state index contributed by atoms with van der Waals surface area (Å²) in [5, 5.41) is 66.2. The van der Waals surface area contributed by atoms with Crippen molar-refractivity contribution < 1.29 is 40.5 Å². The van der Waals surface area contributed by atoms with Gasteiger partial charge in [0, 0.05) is 0 Å². The van der Waals surface area contributed by atoms with E-state index in [0.717, 1.165) is 0 Å². The molecular weight excluding hydrogens is 308 g/mol. The molecule has 8 nitrogen and oxygen atoms in total. The summed E-state index contributed by atoms with van der Waals surface area (Å²) in [7, 11) is 0. The van der Waals surface area contributed by atoms with Crippen LogP contribution < -0.4 is 0 Å². The quantitative estimate of drug-likeness (QED) is 0.218. The van der Waals surface area contributed by atoms with Crippen LogP contribution in [-0.4, -0.2) is 79.8 Å². The number of rotatable bonds is 13. The number of carboxylic acids is 1. The van der Waals surface area contributed by atoms with Crippen LogP contribution in [0.5, 0.6) is 0 Å². The number of hydrogen-bond acceptors (Lipinski definition) is 7. The molecule has 0 spiro atoms. The topological polar surface area (TPSA) is 159 Å². The van der Waals surface area contributed by atoms with Gasteiger partial charge < -0.3 is 35.7 Å². The van der Waals surface area contributed by atoms with Gasteiger partial charge in [-0.3, -0.25) is 4.79 Å². The third-order valence-electron chi connectivity index (χ3n) is 4.23. The van der Waals surface area contributed by atoms with E-state index < -0.39 is 55.4 Å². The maximum absolute atomic E-state index is 12.0. The highest BCUT2D eigenvalue weighted by atomic mass is 16.4. The summed E-state index contributed by atoms with van der Waals surface area (Å²) in [6, 6.07) is 0. The zero-order valence-electron chi connectivity index (χ0n) is 13.5. The SMILES string of the molecule is CCCC(CC(O)CO)C(CC(O)CO)(CC(O)CO)C(=O)O. The van der Waals surface area contributed by atoms with Gasteiger partial charge in [-0.05, 0) is 31.6 Å². The van der Waals surface area contributed by atoms with E-state index in [9.17, 15) is 25.2 Å². The Hall–Kier alpha value is -0.770. The van der Waals surface area contributed by atoms with Crippen LogP contribution in [0.2, 0.25) is 0 Å². The summed E-state index contributed by atoms with van der Waals surface area (Å²) in [6.45, 7) is 0.0359. The molecule has 0 aromatic carbocycles. The van der Waals surface area contributed by atoms with Gasteiger partial charge in [0.1, 0.15) is 0 Å². The second-order valence-corrected chi connectivity index (χ2v) is 6.10. The Balaban J connectivity index is 5.71. The van der Waals surface area contributed by atoms with Gasteiger partial charge >= 0.3 is 5.97 Å². The predicted octanol–water partition coefficient (Wildman–Crippen LogP) is -1.30. The van der Waals surface area contributed by atoms with Gasteiger partial charge in [0.2, 0.25) is 0 Å². The lowest BCUT2D eigenvalue weighted by Crippen LogP contribution is -2.46. The molecule has 0 heterocycles. The zero-order chi connectivity index (χ0) is 18.0. The third-order valence-corrected chi connectivity index (χ3v) is 4.23. The number of aliphatic hydroxyl groups excluding tert-OH is 6. The second-order valence-electron chi connectivity index (χ2n) is 6.10. The minimum absolute atomic E-state index is 0.0209. The van der Waals surface area contributed by atoms with Crippen molar-refractivity contribution in [3.05, 3.63) is 0 Å². The van der Waals surface area contributed by atoms with Gasteiger partial charge in [-0.2, -0.15) is 0 Å². The molecule has 0 saturated carbocycles. The first-order valence-corrected chi connectivity index (χ1v) is 7.87. The van der Waals surface area contributed by atoms with Crippen LogP contribution >= 0.6 is 0 Å². The van der Waals surface area contributed by atoms with Crippen LogP contribution in [0.4, 0.5) is 0 Å². The molecule has 0 bridgehead atoms. The first-order valence-electron chi connectivity index (χ1n) is 7.87. The average Bonchev–Trinajstić information content (AvgIpc) is 2.52. The van der Waals surface area contributed by atoms with Crippen molar-refractivity contribution in [1.29, 1.82) is 0 Å². The van der Waals surface area contributed by atoms with E-state index in [-0.39, 0.29) is 19.3 Å². The summed E-state index contributed by atoms with van der Waals surface area (Å²) in [5.74, 6) is -1.92. The highest BCUT2D eigenvalue weighted by molar-refractivity contribution is 5.75. The van der Waals surface area contributed by atoms with Gasteiger partial charge in [0.15, 0.2) is 0 Å². The second kappa shape index (κ2) is 10.9. The molecule has 0 aliphatic rings. The van der Waals surface area contributed by atoms with Gasteiger partial charge in [-0.1, -0.05) is 13.3 Å². The fourth-order valence-corrected chi connectivity index (χ4v) is 3.11. The molecule has 7 N–H and O–H groups in total. The molecule has 4 unspecified atom stereocenters. The van der Waals surface area contributed by atoms with Crippen LogP contribution in [0.1, 0.15) is 39.0 Å². The zero-order valence-corrected chi connectivity index (χ0v) is 13.5. The number of hydrogen-bond donors (Lipinski definition) is 7. The molecule has 0 aromatic rings. The minimum atomic E-state index is -1.63. The molecule has 0 aliphatic heterocycles. The smallest absolute Gasteiger partial charge is 0.310 e. The summed E-state index contributed by atoms with van der Waals surface area (Å²) in [5.41, 5.74) is -1.63. The Labute approximate surface area is 136 Å². The number of aliphatic hydroxyl groups is 6. The molecule has 0 saturated heterocycles. The van der Waals surface area contributed by atoms with Crippen molar-refractivity contribution in [2.45, 2.75) is 57.3 Å². The third kappa shape index (κ3) is 6.70. The van der Waals surface area contributed by atoms with Crippen molar-refractivity contribution in [3.63, 3.8) is 0 Å². The first-order chi connectivity index (χ1) is 10.8. The molecule has 8 heteroatoms. The molecular formula is C15H30O8. The van der Waals surface area contributed by atoms with Gasteiger partial charge in [0.25, 0.3) is 0 Å². The van der Waals surface area contributed by atoms with Gasteiger partial charge in [0.05, 0.1) is 43.5 Å². The van der Waals surface area contributed by atoms with Crippen LogP contribution in [0.15, 0.2) is 0 Å². The van der Waals surface area contributed by atoms with E-state index in [2.05, 4.69) is 0 Å². The monoisotopic (exact) mass is 338 g/mol. The predicted molar refractivity (Wildman–Crippen MR) is 81.6 cm³/mol. The Morgan fingerprint density at radius 1 is 0.913 bits per heavy atom. The Morgan fingerprint density at radius 2 is 1.35 bits per heavy atom. The molecule has 138 valence electrons. The lowest BCUT2D eigenvalue weighted by atomic mass is 9.64. The maximum atomic E-state index is 12.0. The highest BCUT2D eigenvalue weighted by Crippen LogP contribution is 2.43. The highest BCUT2D eigenvalue weighted by Gasteiger charge is 2.48. The Bertz CT molecular complexity index is 323. The normalized spacial score (nSPS) is 19.6. The van der Waals surface area contributed by atoms with E-state index in [1.807, 2.05) is 6.92 Å². The largest absolute Gasteiger partial charge is 0.481 e. The molecule has 0 aromatic heterocycles. The lowest BCUT2D eigenvalue weighted by Gasteiger charge is -2.40. The first kappa shape index (κ1) is 22.2. The maximum Gasteiger partial charge on any atom is 0.310 e. The summed E-state index contributed by atoms with van der Waals surface area (Å²) < 4.78 is 0. The molecule has 0 fully saturated rings. The van der Waals surface area contributed by atoms with Crippen molar-refractivity contribution >= 4 is 5.97 Å². The van der Waals surface area contributed by atoms with E-state index in [1.165, 1.54) is 0 Å². The van der Waals surface area contributed by atoms with Crippen molar-refractivity contribution in [1.82, 2.24) is 0 Å². The summed E-state index contributed by atoms with van der Waals surface area (Å²) in [4.78, 5) is 12.0. The van der Waals surface area contributed by atoms with Crippen LogP contribution in [0.3, 0.4) is 0 Å². The van der Waals surface area contributed by atoms with Crippen molar-refractivity contribution in [2.75, 3.05) is 19.8 Å². The van der Waals surface area contributed by atoms with E-state index in [0.29, 0.717) is 12.8 Å². The molecule has 0 radical (unpaired) electrons. The van der Waals surface area contributed by atoms with E-state index >= 15 is 0 Å². The van der Waals surface area contributed by atoms with Crippen molar-refractivity contribution in [2.24, 2.45) is 11.3 Å². The summed E-state index contributed by atoms with van der Waals surface area (Å²) >= 11 is 0. The molecule has 23 heavy (non-hydrogen) atoms. The molecule has 0 aliphatic carbocycles. The van der Waals surface area contributed by atoms with Gasteiger partial charge in [-0.25, -0.2) is 0 Å². The molecule has 0 amide bonds. The van der Waals surface area contributed by atoms with Gasteiger partial charge in [-0.15, -0.1) is 0 Å². The minimum Gasteiger partial charge on any atom is -0.481 e. The Kier molecular flexibility index (Phi) is 10.5. The van der Waals surface area contributed by atoms with Crippen LogP contribution in [0.25, 0.3) is 0 Å². The van der Waals surface area contributed by atoms with Crippen LogP contribution in [-0.2, 0) is 4.79 Å². The fraction of sp³-hybridized carbons (Fsp3) is 0.933. The fourth-order valence-electron chi connectivity index (χ4n) is 3.11.